The Hall–Kier alpha value is -1.55. The highest BCUT2D eigenvalue weighted by molar-refractivity contribution is 6.18. The number of carbonyl (C=O) groups excluding carboxylic acids is 2. The minimum Gasteiger partial charge on any atom is -0.447 e. The van der Waals surface area contributed by atoms with E-state index in [-0.39, 0.29) is 25.0 Å². The lowest BCUT2D eigenvalue weighted by atomic mass is 10.1. The van der Waals surface area contributed by atoms with Crippen molar-refractivity contribution in [3.63, 3.8) is 0 Å². The Morgan fingerprint density at radius 2 is 2.11 bits per heavy atom. The second-order valence-corrected chi connectivity index (χ2v) is 4.85. The highest BCUT2D eigenvalue weighted by atomic mass is 35.5. The van der Waals surface area contributed by atoms with Crippen molar-refractivity contribution >= 4 is 23.6 Å². The maximum Gasteiger partial charge on any atom is 0.416 e. The summed E-state index contributed by atoms with van der Waals surface area (Å²) in [4.78, 5) is 24.8. The van der Waals surface area contributed by atoms with Gasteiger partial charge < -0.3 is 4.74 Å². The molecule has 1 saturated heterocycles. The van der Waals surface area contributed by atoms with Crippen LogP contribution in [0.15, 0.2) is 30.3 Å². The van der Waals surface area contributed by atoms with Crippen LogP contribution in [-0.2, 0) is 16.0 Å². The van der Waals surface area contributed by atoms with Gasteiger partial charge in [-0.1, -0.05) is 30.3 Å². The molecule has 1 aromatic rings. The van der Waals surface area contributed by atoms with Crippen LogP contribution in [0.25, 0.3) is 0 Å². The zero-order valence-electron chi connectivity index (χ0n) is 10.5. The van der Waals surface area contributed by atoms with E-state index in [1.54, 1.807) is 0 Å². The van der Waals surface area contributed by atoms with Crippen LogP contribution in [0.2, 0.25) is 0 Å². The fourth-order valence-corrected chi connectivity index (χ4v) is 2.27. The lowest BCUT2D eigenvalue weighted by molar-refractivity contribution is -0.129. The summed E-state index contributed by atoms with van der Waals surface area (Å²) in [5.41, 5.74) is 1.08. The van der Waals surface area contributed by atoms with Gasteiger partial charge in [0.05, 0.1) is 6.04 Å². The maximum absolute atomic E-state index is 12.0. The van der Waals surface area contributed by atoms with E-state index in [4.69, 9.17) is 16.3 Å². The second-order valence-electron chi connectivity index (χ2n) is 4.48. The van der Waals surface area contributed by atoms with Gasteiger partial charge in [-0.2, -0.15) is 0 Å². The summed E-state index contributed by atoms with van der Waals surface area (Å²) in [6.45, 7) is 0.264. The average molecular weight is 282 g/mol. The third-order valence-electron chi connectivity index (χ3n) is 3.07. The van der Waals surface area contributed by atoms with Crippen molar-refractivity contribution in [2.45, 2.75) is 25.3 Å². The molecule has 0 saturated carbocycles. The number of hydrogen-bond donors (Lipinski definition) is 0. The van der Waals surface area contributed by atoms with Crippen molar-refractivity contribution in [3.8, 4) is 0 Å². The van der Waals surface area contributed by atoms with Crippen LogP contribution in [0.3, 0.4) is 0 Å². The molecule has 102 valence electrons. The van der Waals surface area contributed by atoms with E-state index in [1.807, 2.05) is 30.3 Å². The lowest BCUT2D eigenvalue weighted by Gasteiger charge is -2.19. The van der Waals surface area contributed by atoms with Gasteiger partial charge in [-0.05, 0) is 18.4 Å². The zero-order chi connectivity index (χ0) is 13.7. The maximum atomic E-state index is 12.0. The van der Waals surface area contributed by atoms with Crippen LogP contribution in [0.4, 0.5) is 4.79 Å². The third kappa shape index (κ3) is 3.47. The van der Waals surface area contributed by atoms with Gasteiger partial charge in [0.2, 0.25) is 5.91 Å². The van der Waals surface area contributed by atoms with Crippen molar-refractivity contribution in [1.29, 1.82) is 0 Å². The first-order valence-electron chi connectivity index (χ1n) is 6.31. The molecule has 1 aliphatic rings. The number of rotatable bonds is 5. The molecule has 0 bridgehead atoms. The van der Waals surface area contributed by atoms with Crippen LogP contribution >= 0.6 is 11.6 Å². The van der Waals surface area contributed by atoms with Gasteiger partial charge in [0, 0.05) is 12.3 Å². The van der Waals surface area contributed by atoms with E-state index >= 15 is 0 Å². The first kappa shape index (κ1) is 13.9. The summed E-state index contributed by atoms with van der Waals surface area (Å²) in [7, 11) is 0. The Morgan fingerprint density at radius 1 is 1.37 bits per heavy atom. The predicted octanol–water partition coefficient (Wildman–Crippen LogP) is 2.60. The summed E-state index contributed by atoms with van der Waals surface area (Å²) < 4.78 is 4.98. The summed E-state index contributed by atoms with van der Waals surface area (Å²) in [5, 5.41) is 0. The number of benzene rings is 1. The number of halogens is 1. The molecule has 2 rings (SSSR count). The van der Waals surface area contributed by atoms with Gasteiger partial charge in [0.1, 0.15) is 6.61 Å². The van der Waals surface area contributed by atoms with E-state index in [2.05, 4.69) is 0 Å². The Morgan fingerprint density at radius 3 is 2.79 bits per heavy atom. The molecular weight excluding hydrogens is 266 g/mol. The van der Waals surface area contributed by atoms with E-state index in [1.165, 1.54) is 4.90 Å². The standard InChI is InChI=1S/C14H16ClNO3/c15-8-4-7-13(17)16-12(10-19-14(16)18)9-11-5-2-1-3-6-11/h1-3,5-6,12H,4,7-10H2/t12-/m0/s1. The van der Waals surface area contributed by atoms with Gasteiger partial charge in [-0.15, -0.1) is 11.6 Å². The number of amides is 2. The number of ether oxygens (including phenoxy) is 1. The van der Waals surface area contributed by atoms with Crippen LogP contribution in [-0.4, -0.2) is 35.4 Å². The van der Waals surface area contributed by atoms with Gasteiger partial charge in [-0.3, -0.25) is 4.79 Å². The number of imide groups is 1. The quantitative estimate of drug-likeness (QED) is 0.780. The molecule has 0 radical (unpaired) electrons. The largest absolute Gasteiger partial charge is 0.447 e. The van der Waals surface area contributed by atoms with E-state index in [9.17, 15) is 9.59 Å². The lowest BCUT2D eigenvalue weighted by Crippen LogP contribution is -2.40. The Labute approximate surface area is 117 Å². The first-order chi connectivity index (χ1) is 9.22. The third-order valence-corrected chi connectivity index (χ3v) is 3.34. The molecule has 0 N–H and O–H groups in total. The Kier molecular flexibility index (Phi) is 4.80. The SMILES string of the molecule is O=C(CCCCl)N1C(=O)OC[C@@H]1Cc1ccccc1. The van der Waals surface area contributed by atoms with Crippen LogP contribution < -0.4 is 0 Å². The molecule has 19 heavy (non-hydrogen) atoms. The van der Waals surface area contributed by atoms with Crippen molar-refractivity contribution < 1.29 is 14.3 Å². The molecule has 0 unspecified atom stereocenters. The zero-order valence-corrected chi connectivity index (χ0v) is 11.3. The van der Waals surface area contributed by atoms with Crippen LogP contribution in [0.5, 0.6) is 0 Å². The molecule has 1 fully saturated rings. The highest BCUT2D eigenvalue weighted by Gasteiger charge is 2.37. The number of hydrogen-bond acceptors (Lipinski definition) is 3. The number of nitrogens with zero attached hydrogens (tertiary/aromatic N) is 1. The molecule has 1 aliphatic heterocycles. The van der Waals surface area contributed by atoms with Gasteiger partial charge >= 0.3 is 6.09 Å². The smallest absolute Gasteiger partial charge is 0.416 e. The second kappa shape index (κ2) is 6.57. The Bertz CT molecular complexity index is 449. The van der Waals surface area contributed by atoms with E-state index < -0.39 is 6.09 Å². The minimum atomic E-state index is -0.541. The molecule has 1 atom stereocenters. The molecular formula is C14H16ClNO3. The highest BCUT2D eigenvalue weighted by Crippen LogP contribution is 2.18. The van der Waals surface area contributed by atoms with Gasteiger partial charge in [0.25, 0.3) is 0 Å². The number of carbonyl (C=O) groups is 2. The van der Waals surface area contributed by atoms with E-state index in [0.717, 1.165) is 5.56 Å². The summed E-state index contributed by atoms with van der Waals surface area (Å²) in [6, 6.07) is 9.55. The van der Waals surface area contributed by atoms with E-state index in [0.29, 0.717) is 18.7 Å². The molecule has 5 heteroatoms. The summed E-state index contributed by atoms with van der Waals surface area (Å²) in [6.07, 6.45) is 0.936. The number of alkyl halides is 1. The van der Waals surface area contributed by atoms with Gasteiger partial charge in [-0.25, -0.2) is 9.69 Å². The average Bonchev–Trinajstić information content (AvgIpc) is 2.78. The summed E-state index contributed by atoms with van der Waals surface area (Å²) in [5.74, 6) is 0.210. The topological polar surface area (TPSA) is 46.6 Å². The Balaban J connectivity index is 2.03. The van der Waals surface area contributed by atoms with Crippen molar-refractivity contribution in [2.75, 3.05) is 12.5 Å². The molecule has 2 amide bonds. The fraction of sp³-hybridized carbons (Fsp3) is 0.429. The summed E-state index contributed by atoms with van der Waals surface area (Å²) >= 11 is 5.57. The van der Waals surface area contributed by atoms with Crippen molar-refractivity contribution in [3.05, 3.63) is 35.9 Å². The predicted molar refractivity (Wildman–Crippen MR) is 72.1 cm³/mol. The molecule has 0 aromatic heterocycles. The number of cyclic esters (lactones) is 1. The molecule has 0 spiro atoms. The van der Waals surface area contributed by atoms with Crippen LogP contribution in [0, 0.1) is 0 Å². The van der Waals surface area contributed by atoms with Crippen molar-refractivity contribution in [2.24, 2.45) is 0 Å². The normalized spacial score (nSPS) is 18.5. The van der Waals surface area contributed by atoms with Gasteiger partial charge in [0.15, 0.2) is 0 Å². The molecule has 0 aliphatic carbocycles. The monoisotopic (exact) mass is 281 g/mol. The molecule has 1 heterocycles. The molecule has 4 nitrogen and oxygen atoms in total. The minimum absolute atomic E-state index is 0.205. The van der Waals surface area contributed by atoms with Crippen LogP contribution in [0.1, 0.15) is 18.4 Å². The first-order valence-corrected chi connectivity index (χ1v) is 6.84. The van der Waals surface area contributed by atoms with Crippen molar-refractivity contribution in [1.82, 2.24) is 4.90 Å². The molecule has 1 aromatic carbocycles. The fourth-order valence-electron chi connectivity index (χ4n) is 2.14.